The molecule has 6 aromatic carbocycles. The Bertz CT molecular complexity index is 2800. The Morgan fingerprint density at radius 1 is 0.294 bits per heavy atom. The molecule has 17 heteroatoms. The minimum Gasteiger partial charge on any atom is -0.497 e. The lowest BCUT2D eigenvalue weighted by molar-refractivity contribution is 0.273. The maximum Gasteiger partial charge on any atom is 0.180 e. The average Bonchev–Trinajstić information content (AvgIpc) is 3.32. The molecule has 85 heavy (non-hydrogen) atoms. The topological polar surface area (TPSA) is 113 Å². The van der Waals surface area contributed by atoms with Crippen molar-refractivity contribution >= 4 is 49.9 Å². The van der Waals surface area contributed by atoms with Crippen molar-refractivity contribution in [1.82, 2.24) is 0 Å². The monoisotopic (exact) mass is 1270 g/mol. The summed E-state index contributed by atoms with van der Waals surface area (Å²) in [6, 6.07) is 45.7. The minimum absolute atomic E-state index is 0.0385. The van der Waals surface area contributed by atoms with Crippen LogP contribution in [-0.4, -0.2) is 105 Å². The van der Waals surface area contributed by atoms with Gasteiger partial charge in [0.15, 0.2) is 61.4 Å². The van der Waals surface area contributed by atoms with Crippen molar-refractivity contribution in [2.45, 2.75) is 160 Å². The molecule has 6 atom stereocenters. The second-order valence-corrected chi connectivity index (χ2v) is 52.5. The summed E-state index contributed by atoms with van der Waals surface area (Å²) in [5, 5.41) is 9.71. The Morgan fingerprint density at radius 3 is 0.894 bits per heavy atom. The van der Waals surface area contributed by atoms with Crippen molar-refractivity contribution in [3.05, 3.63) is 172 Å². The number of hydrogen-bond acceptors (Lipinski definition) is 11. The zero-order chi connectivity index (χ0) is 63.9. The highest BCUT2D eigenvalue weighted by atomic mass is 28.4. The van der Waals surface area contributed by atoms with Crippen molar-refractivity contribution in [1.29, 1.82) is 0 Å². The second-order valence-electron chi connectivity index (χ2n) is 25.6. The maximum atomic E-state index is 9.71. The third kappa shape index (κ3) is 19.0. The summed E-state index contributed by atoms with van der Waals surface area (Å²) in [7, 11) is -0.239. The van der Waals surface area contributed by atoms with Gasteiger partial charge in [0.05, 0.1) is 56.4 Å². The first-order valence-electron chi connectivity index (χ1n) is 29.9. The van der Waals surface area contributed by atoms with Gasteiger partial charge in [0.1, 0.15) is 28.7 Å². The predicted molar refractivity (Wildman–Crippen MR) is 369 cm³/mol. The number of benzene rings is 6. The number of aliphatic hydroxyl groups is 1. The Kier molecular flexibility index (Phi) is 26.7. The van der Waals surface area contributed by atoms with E-state index >= 15 is 0 Å². The van der Waals surface area contributed by atoms with Crippen LogP contribution < -0.4 is 33.2 Å². The summed E-state index contributed by atoms with van der Waals surface area (Å²) in [6.07, 6.45) is 0. The fraction of sp³-hybridized carbons (Fsp3) is 0.471. The van der Waals surface area contributed by atoms with E-state index in [1.54, 1.807) is 49.8 Å². The van der Waals surface area contributed by atoms with Crippen LogP contribution in [0.5, 0.6) is 40.2 Å². The molecule has 0 aliphatic rings. The van der Waals surface area contributed by atoms with Crippen molar-refractivity contribution in [3.8, 4) is 40.2 Å². The molecule has 6 unspecified atom stereocenters. The van der Waals surface area contributed by atoms with Crippen LogP contribution in [0.3, 0.4) is 0 Å². The molecule has 11 nitrogen and oxygen atoms in total. The summed E-state index contributed by atoms with van der Waals surface area (Å²) in [4.78, 5) is 0. The number of aliphatic hydroxyl groups excluding tert-OH is 1. The quantitative estimate of drug-likeness (QED) is 0.0524. The van der Waals surface area contributed by atoms with E-state index in [0.29, 0.717) is 22.2 Å². The summed E-state index contributed by atoms with van der Waals surface area (Å²) in [6.45, 7) is 41.5. The van der Waals surface area contributed by atoms with Gasteiger partial charge < -0.3 is 50.6 Å². The fourth-order valence-corrected chi connectivity index (χ4v) is 37.5. The molecule has 1 N–H and O–H groups in total. The normalized spacial score (nSPS) is 14.4. The smallest absolute Gasteiger partial charge is 0.180 e. The van der Waals surface area contributed by atoms with Crippen molar-refractivity contribution in [2.75, 3.05) is 49.8 Å². The van der Waals surface area contributed by atoms with Crippen molar-refractivity contribution in [3.63, 3.8) is 0 Å². The molecule has 468 valence electrons. The molecule has 0 saturated heterocycles. The molecule has 6 aromatic rings. The molecule has 0 fully saturated rings. The van der Waals surface area contributed by atoms with E-state index in [1.807, 2.05) is 66.7 Å². The van der Waals surface area contributed by atoms with E-state index in [1.165, 1.54) is 33.4 Å². The van der Waals surface area contributed by atoms with Crippen LogP contribution in [0, 0.1) is 0 Å². The minimum atomic E-state index is -2.10. The number of hydrogen-bond donors (Lipinski definition) is 1. The molecule has 0 radical (unpaired) electrons. The third-order valence-electron chi connectivity index (χ3n) is 18.2. The van der Waals surface area contributed by atoms with Gasteiger partial charge >= 0.3 is 0 Å². The van der Waals surface area contributed by atoms with E-state index in [4.69, 9.17) is 45.5 Å². The average molecular weight is 1270 g/mol. The van der Waals surface area contributed by atoms with E-state index in [-0.39, 0.29) is 17.7 Å². The second kappa shape index (κ2) is 31.3. The van der Waals surface area contributed by atoms with Gasteiger partial charge in [-0.15, -0.1) is 0 Å². The Hall–Kier alpha value is -4.94. The highest BCUT2D eigenvalue weighted by molar-refractivity contribution is 6.87. The SMILES string of the molecule is COc1ccc(C(C)[Si](C)(C)O[Si](C)(C)C(C)c2ccc(OC)c(OC)c2)cc1CO.COc1ccc(C(C)[Si](C)(C)O[Si](C)(C)C(C)c2ccc(OC)cc2)cc1.COc1ccccc1C(C)[Si](C)(C)O[Si](C)(C)C(C)c1ccccc1OC. The highest BCUT2D eigenvalue weighted by Gasteiger charge is 2.45. The number of rotatable bonds is 26. The van der Waals surface area contributed by atoms with Gasteiger partial charge in [0, 0.05) is 16.6 Å². The summed E-state index contributed by atoms with van der Waals surface area (Å²) in [5.41, 5.74) is 10.4. The standard InChI is InChI=1S/C24H38O5Si2.2C22H34O3Si2/c1-17(19-10-12-22(26-3)21(14-19)16-25)30(6,7)29-31(8,9)18(2)20-11-13-23(27-4)24(15-20)28-5;1-17(19-9-13-21(23-3)14-10-19)26(5,6)25-27(7,8)18(2)20-11-15-22(24-4)16-12-20;1-17(19-13-9-11-15-21(19)23-3)26(5,6)25-27(7,8)18(2)20-14-10-12-16-22(20)24-4/h10-15,17-18,25H,16H2,1-9H3;2*9-18H,1-8H3. The summed E-state index contributed by atoms with van der Waals surface area (Å²) < 4.78 is 59.1. The number of methoxy groups -OCH3 is 7. The van der Waals surface area contributed by atoms with E-state index < -0.39 is 49.9 Å². The van der Waals surface area contributed by atoms with Gasteiger partial charge in [-0.2, -0.15) is 0 Å². The van der Waals surface area contributed by atoms with E-state index in [2.05, 4.69) is 187 Å². The van der Waals surface area contributed by atoms with Crippen LogP contribution in [0.1, 0.15) is 114 Å². The van der Waals surface area contributed by atoms with Gasteiger partial charge in [0.2, 0.25) is 0 Å². The Labute approximate surface area is 519 Å². The predicted octanol–water partition coefficient (Wildman–Crippen LogP) is 17.8. The largest absolute Gasteiger partial charge is 0.497 e. The molecule has 0 aliphatic heterocycles. The third-order valence-corrected chi connectivity index (χ3v) is 45.3. The molecule has 0 saturated carbocycles. The molecule has 0 amide bonds. The fourth-order valence-electron chi connectivity index (χ4n) is 11.1. The molecule has 0 aliphatic carbocycles. The van der Waals surface area contributed by atoms with Gasteiger partial charge in [-0.3, -0.25) is 0 Å². The first kappa shape index (κ1) is 72.5. The Morgan fingerprint density at radius 2 is 0.576 bits per heavy atom. The van der Waals surface area contributed by atoms with E-state index in [0.717, 1.165) is 45.8 Å². The van der Waals surface area contributed by atoms with E-state index in [9.17, 15) is 5.11 Å². The first-order valence-corrected chi connectivity index (χ1v) is 47.8. The summed E-state index contributed by atoms with van der Waals surface area (Å²) >= 11 is 0. The highest BCUT2D eigenvalue weighted by Crippen LogP contribution is 2.42. The zero-order valence-corrected chi connectivity index (χ0v) is 62.4. The first-order chi connectivity index (χ1) is 39.7. The lowest BCUT2D eigenvalue weighted by Gasteiger charge is -2.41. The van der Waals surface area contributed by atoms with Crippen molar-refractivity contribution < 1.29 is 50.6 Å². The summed E-state index contributed by atoms with van der Waals surface area (Å²) in [5.74, 6) is 5.90. The molecule has 0 heterocycles. The lowest BCUT2D eigenvalue weighted by Crippen LogP contribution is -2.50. The molecular formula is C68H106O11Si6. The van der Waals surface area contributed by atoms with Crippen LogP contribution in [0.25, 0.3) is 0 Å². The van der Waals surface area contributed by atoms with Crippen molar-refractivity contribution in [2.24, 2.45) is 0 Å². The van der Waals surface area contributed by atoms with Crippen LogP contribution >= 0.6 is 0 Å². The lowest BCUT2D eigenvalue weighted by atomic mass is 10.1. The van der Waals surface area contributed by atoms with Crippen LogP contribution in [0.2, 0.25) is 78.6 Å². The van der Waals surface area contributed by atoms with Crippen LogP contribution in [0.15, 0.2) is 133 Å². The Balaban J connectivity index is 0.000000274. The number of ether oxygens (including phenoxy) is 7. The zero-order valence-electron chi connectivity index (χ0n) is 56.4. The van der Waals surface area contributed by atoms with Gasteiger partial charge in [0.25, 0.3) is 0 Å². The van der Waals surface area contributed by atoms with Gasteiger partial charge in [-0.25, -0.2) is 0 Å². The molecule has 6 rings (SSSR count). The number of para-hydroxylation sites is 2. The maximum absolute atomic E-state index is 9.71. The molecule has 0 bridgehead atoms. The molecule has 0 spiro atoms. The molecular weight excluding hydrogens is 1160 g/mol. The van der Waals surface area contributed by atoms with Gasteiger partial charge in [-0.1, -0.05) is 114 Å². The molecule has 0 aromatic heterocycles. The van der Waals surface area contributed by atoms with Crippen LogP contribution in [-0.2, 0) is 19.0 Å². The van der Waals surface area contributed by atoms with Gasteiger partial charge in [-0.05, 0) is 195 Å². The van der Waals surface area contributed by atoms with Crippen LogP contribution in [0.4, 0.5) is 0 Å².